The maximum Gasteiger partial charge on any atom is 0.221 e. The molecule has 0 unspecified atom stereocenters. The van der Waals surface area contributed by atoms with Crippen molar-refractivity contribution in [3.8, 4) is 6.07 Å². The number of nitrogens with one attached hydrogen (secondary N) is 1. The van der Waals surface area contributed by atoms with Crippen molar-refractivity contribution in [3.05, 3.63) is 30.1 Å². The third-order valence-corrected chi connectivity index (χ3v) is 1.82. The molecule has 0 atom stereocenters. The van der Waals surface area contributed by atoms with Gasteiger partial charge < -0.3 is 10.2 Å². The lowest BCUT2D eigenvalue weighted by Gasteiger charge is -1.85. The van der Waals surface area contributed by atoms with Crippen molar-refractivity contribution < 1.29 is 5.21 Å². The minimum absolute atomic E-state index is 0.124. The van der Waals surface area contributed by atoms with Gasteiger partial charge in [-0.05, 0) is 12.1 Å². The number of oxime groups is 1. The van der Waals surface area contributed by atoms with Crippen molar-refractivity contribution in [2.75, 3.05) is 0 Å². The summed E-state index contributed by atoms with van der Waals surface area (Å²) in [4.78, 5) is 6.96. The van der Waals surface area contributed by atoms with Crippen LogP contribution in [0.25, 0.3) is 11.0 Å². The van der Waals surface area contributed by atoms with Gasteiger partial charge in [0.2, 0.25) is 5.71 Å². The van der Waals surface area contributed by atoms with Gasteiger partial charge in [-0.2, -0.15) is 5.26 Å². The van der Waals surface area contributed by atoms with E-state index in [2.05, 4.69) is 15.1 Å². The zero-order valence-electron chi connectivity index (χ0n) is 7.10. The van der Waals surface area contributed by atoms with Crippen molar-refractivity contribution >= 4 is 16.7 Å². The van der Waals surface area contributed by atoms with Crippen LogP contribution in [0.2, 0.25) is 0 Å². The molecule has 2 N–H and O–H groups in total. The molecule has 0 spiro atoms. The van der Waals surface area contributed by atoms with E-state index in [4.69, 9.17) is 10.5 Å². The fourth-order valence-electron chi connectivity index (χ4n) is 1.19. The Hall–Kier alpha value is -2.35. The van der Waals surface area contributed by atoms with Crippen molar-refractivity contribution in [1.82, 2.24) is 9.97 Å². The quantitative estimate of drug-likeness (QED) is 0.399. The second-order valence-electron chi connectivity index (χ2n) is 2.66. The Morgan fingerprint density at radius 1 is 1.50 bits per heavy atom. The van der Waals surface area contributed by atoms with Crippen LogP contribution in [0.4, 0.5) is 0 Å². The molecule has 0 saturated heterocycles. The lowest BCUT2D eigenvalue weighted by Crippen LogP contribution is -1.99. The summed E-state index contributed by atoms with van der Waals surface area (Å²) in [6.07, 6.45) is 0. The fourth-order valence-corrected chi connectivity index (χ4v) is 1.19. The molecule has 2 rings (SSSR count). The molecule has 0 saturated carbocycles. The maximum absolute atomic E-state index is 8.60. The van der Waals surface area contributed by atoms with E-state index < -0.39 is 0 Å². The Labute approximate surface area is 79.3 Å². The van der Waals surface area contributed by atoms with Gasteiger partial charge in [-0.1, -0.05) is 17.3 Å². The van der Waals surface area contributed by atoms with Gasteiger partial charge in [0, 0.05) is 0 Å². The molecule has 0 radical (unpaired) electrons. The molecule has 0 aliphatic heterocycles. The molecular weight excluding hydrogens is 180 g/mol. The number of fused-ring (bicyclic) bond motifs is 1. The average Bonchev–Trinajstić information content (AvgIpc) is 2.63. The zero-order valence-corrected chi connectivity index (χ0v) is 7.10. The van der Waals surface area contributed by atoms with Gasteiger partial charge in [0.15, 0.2) is 5.82 Å². The van der Waals surface area contributed by atoms with Crippen LogP contribution in [0, 0.1) is 11.3 Å². The van der Waals surface area contributed by atoms with Crippen LogP contribution in [-0.4, -0.2) is 20.9 Å². The topological polar surface area (TPSA) is 85.1 Å². The molecule has 1 heterocycles. The molecule has 68 valence electrons. The summed E-state index contributed by atoms with van der Waals surface area (Å²) in [6, 6.07) is 9.07. The number of H-pyrrole nitrogens is 1. The third kappa shape index (κ3) is 1.19. The highest BCUT2D eigenvalue weighted by atomic mass is 16.4. The van der Waals surface area contributed by atoms with Crippen LogP contribution in [0.15, 0.2) is 29.4 Å². The van der Waals surface area contributed by atoms with E-state index in [0.29, 0.717) is 0 Å². The molecule has 1 aromatic heterocycles. The van der Waals surface area contributed by atoms with Crippen molar-refractivity contribution in [3.63, 3.8) is 0 Å². The number of benzene rings is 1. The van der Waals surface area contributed by atoms with Gasteiger partial charge in [-0.25, -0.2) is 4.98 Å². The van der Waals surface area contributed by atoms with Gasteiger partial charge in [0.05, 0.1) is 11.0 Å². The normalized spacial score (nSPS) is 11.5. The minimum Gasteiger partial charge on any atom is -0.410 e. The predicted molar refractivity (Wildman–Crippen MR) is 50.0 cm³/mol. The Morgan fingerprint density at radius 3 is 2.93 bits per heavy atom. The summed E-state index contributed by atoms with van der Waals surface area (Å²) in [5.41, 5.74) is 1.42. The van der Waals surface area contributed by atoms with E-state index in [1.54, 1.807) is 6.07 Å². The number of aromatic amines is 1. The summed E-state index contributed by atoms with van der Waals surface area (Å²) in [5, 5.41) is 19.9. The first kappa shape index (κ1) is 8.26. The van der Waals surface area contributed by atoms with Crippen molar-refractivity contribution in [2.45, 2.75) is 0 Å². The SMILES string of the molecule is N#C/C(=N\O)c1nc2ccccc2[nH]1. The molecule has 1 aromatic carbocycles. The smallest absolute Gasteiger partial charge is 0.221 e. The average molecular weight is 186 g/mol. The third-order valence-electron chi connectivity index (χ3n) is 1.82. The summed E-state index contributed by atoms with van der Waals surface area (Å²) >= 11 is 0. The number of rotatable bonds is 1. The van der Waals surface area contributed by atoms with E-state index in [1.165, 1.54) is 0 Å². The maximum atomic E-state index is 8.60. The highest BCUT2D eigenvalue weighted by Gasteiger charge is 2.08. The Bertz CT molecular complexity index is 502. The van der Waals surface area contributed by atoms with E-state index in [1.807, 2.05) is 24.3 Å². The number of nitriles is 1. The summed E-state index contributed by atoms with van der Waals surface area (Å²) in [7, 11) is 0. The Kier molecular flexibility index (Phi) is 1.88. The number of para-hydroxylation sites is 2. The first-order chi connectivity index (χ1) is 6.85. The number of hydrogen-bond donors (Lipinski definition) is 2. The lowest BCUT2D eigenvalue weighted by molar-refractivity contribution is 0.320. The molecule has 0 fully saturated rings. The Morgan fingerprint density at radius 2 is 2.29 bits per heavy atom. The van der Waals surface area contributed by atoms with Crippen molar-refractivity contribution in [2.24, 2.45) is 5.16 Å². The van der Waals surface area contributed by atoms with Crippen LogP contribution in [-0.2, 0) is 0 Å². The first-order valence-corrected chi connectivity index (χ1v) is 3.92. The number of imidazole rings is 1. The second kappa shape index (κ2) is 3.18. The summed E-state index contributed by atoms with van der Waals surface area (Å²) in [5.74, 6) is 0.274. The number of nitrogens with zero attached hydrogens (tertiary/aromatic N) is 3. The van der Waals surface area contributed by atoms with Crippen molar-refractivity contribution in [1.29, 1.82) is 5.26 Å². The zero-order chi connectivity index (χ0) is 9.97. The molecule has 0 bridgehead atoms. The molecule has 0 amide bonds. The number of aromatic nitrogens is 2. The van der Waals surface area contributed by atoms with Gasteiger partial charge >= 0.3 is 0 Å². The molecule has 2 aromatic rings. The van der Waals surface area contributed by atoms with E-state index in [0.717, 1.165) is 11.0 Å². The van der Waals surface area contributed by atoms with Crippen LogP contribution >= 0.6 is 0 Å². The summed E-state index contributed by atoms with van der Waals surface area (Å²) < 4.78 is 0. The highest BCUT2D eigenvalue weighted by Crippen LogP contribution is 2.10. The lowest BCUT2D eigenvalue weighted by atomic mass is 10.3. The highest BCUT2D eigenvalue weighted by molar-refractivity contribution is 6.10. The molecule has 5 heteroatoms. The van der Waals surface area contributed by atoms with Crippen LogP contribution in [0.1, 0.15) is 5.82 Å². The summed E-state index contributed by atoms with van der Waals surface area (Å²) in [6.45, 7) is 0. The molecule has 0 aliphatic rings. The van der Waals surface area contributed by atoms with Gasteiger partial charge in [0.1, 0.15) is 6.07 Å². The monoisotopic (exact) mass is 186 g/mol. The second-order valence-corrected chi connectivity index (χ2v) is 2.66. The van der Waals surface area contributed by atoms with E-state index >= 15 is 0 Å². The van der Waals surface area contributed by atoms with Gasteiger partial charge in [-0.3, -0.25) is 0 Å². The Balaban J connectivity index is 2.62. The van der Waals surface area contributed by atoms with Gasteiger partial charge in [-0.15, -0.1) is 0 Å². The van der Waals surface area contributed by atoms with Crippen LogP contribution in [0.3, 0.4) is 0 Å². The standard InChI is InChI=1S/C9H6N4O/c10-5-8(13-14)9-11-6-3-1-2-4-7(6)12-9/h1-4,14H,(H,11,12)/b13-8+. The van der Waals surface area contributed by atoms with Crippen LogP contribution < -0.4 is 0 Å². The first-order valence-electron chi connectivity index (χ1n) is 3.92. The number of hydrogen-bond acceptors (Lipinski definition) is 4. The minimum atomic E-state index is -0.124. The molecular formula is C9H6N4O. The molecule has 0 aliphatic carbocycles. The van der Waals surface area contributed by atoms with E-state index in [9.17, 15) is 0 Å². The fraction of sp³-hybridized carbons (Fsp3) is 0. The largest absolute Gasteiger partial charge is 0.410 e. The van der Waals surface area contributed by atoms with Crippen LogP contribution in [0.5, 0.6) is 0 Å². The van der Waals surface area contributed by atoms with E-state index in [-0.39, 0.29) is 11.5 Å². The predicted octanol–water partition coefficient (Wildman–Crippen LogP) is 1.26. The molecule has 14 heavy (non-hydrogen) atoms. The van der Waals surface area contributed by atoms with Gasteiger partial charge in [0.25, 0.3) is 0 Å². The molecule has 5 nitrogen and oxygen atoms in total.